The maximum Gasteiger partial charge on any atom is 1.00 e. The molecule has 0 atom stereocenters. The second-order valence-corrected chi connectivity index (χ2v) is 3.57. The summed E-state index contributed by atoms with van der Waals surface area (Å²) >= 11 is 0. The van der Waals surface area contributed by atoms with E-state index < -0.39 is 42.0 Å². The Balaban J connectivity index is 0.000000791. The van der Waals surface area contributed by atoms with E-state index in [4.69, 9.17) is 15.1 Å². The third-order valence-corrected chi connectivity index (χ3v) is 2.19. The average molecular weight is 390 g/mol. The normalized spacial score (nSPS) is 9.45. The molecule has 0 spiro atoms. The Bertz CT molecular complexity index is 596. The maximum absolute atomic E-state index is 13.3. The SMILES string of the molecule is Fc1c(F)c(F)c(-c2[c-]cccc2)c(F)c1F.OB(O)O.[Rb+]. The Hall–Kier alpha value is -0.160. The van der Waals surface area contributed by atoms with Crippen molar-refractivity contribution in [2.24, 2.45) is 0 Å². The number of benzene rings is 2. The van der Waals surface area contributed by atoms with Crippen LogP contribution < -0.4 is 58.2 Å². The summed E-state index contributed by atoms with van der Waals surface area (Å²) in [5.74, 6) is -9.81. The van der Waals surface area contributed by atoms with Crippen molar-refractivity contribution < 1.29 is 95.2 Å². The van der Waals surface area contributed by atoms with Crippen LogP contribution in [0.3, 0.4) is 0 Å². The van der Waals surface area contributed by atoms with E-state index >= 15 is 0 Å². The number of hydrogen-bond donors (Lipinski definition) is 3. The van der Waals surface area contributed by atoms with Gasteiger partial charge in [-0.2, -0.15) is 0 Å². The Morgan fingerprint density at radius 3 is 1.55 bits per heavy atom. The van der Waals surface area contributed by atoms with Gasteiger partial charge >= 0.3 is 65.5 Å². The van der Waals surface area contributed by atoms with Gasteiger partial charge in [0.25, 0.3) is 0 Å². The molecule has 3 nitrogen and oxygen atoms in total. The Kier molecular flexibility index (Phi) is 9.79. The molecule has 0 unspecified atom stereocenters. The molecule has 0 heterocycles. The van der Waals surface area contributed by atoms with Gasteiger partial charge in [-0.05, 0) is 5.56 Å². The molecule has 3 N–H and O–H groups in total. The van der Waals surface area contributed by atoms with E-state index in [2.05, 4.69) is 6.07 Å². The van der Waals surface area contributed by atoms with Crippen LogP contribution in [0.25, 0.3) is 11.1 Å². The van der Waals surface area contributed by atoms with Crippen molar-refractivity contribution in [3.05, 3.63) is 59.4 Å². The zero-order chi connectivity index (χ0) is 16.2. The van der Waals surface area contributed by atoms with Crippen LogP contribution >= 0.6 is 0 Å². The maximum atomic E-state index is 13.3. The molecule has 0 aromatic heterocycles. The van der Waals surface area contributed by atoms with Crippen LogP contribution in [0, 0.1) is 35.2 Å². The number of halogens is 5. The van der Waals surface area contributed by atoms with Gasteiger partial charge in [-0.25, -0.2) is 22.0 Å². The van der Waals surface area contributed by atoms with Gasteiger partial charge in [0.15, 0.2) is 17.5 Å². The van der Waals surface area contributed by atoms with Crippen LogP contribution in [-0.2, 0) is 0 Å². The first-order valence-corrected chi connectivity index (χ1v) is 5.30. The van der Waals surface area contributed by atoms with Gasteiger partial charge in [0.05, 0.1) is 0 Å². The van der Waals surface area contributed by atoms with Gasteiger partial charge in [0, 0.05) is 0 Å². The quantitative estimate of drug-likeness (QED) is 0.189. The monoisotopic (exact) mass is 390 g/mol. The van der Waals surface area contributed by atoms with Crippen molar-refractivity contribution in [2.45, 2.75) is 0 Å². The smallest absolute Gasteiger partial charge is 0.402 e. The van der Waals surface area contributed by atoms with Crippen LogP contribution in [0.4, 0.5) is 22.0 Å². The van der Waals surface area contributed by atoms with E-state index in [-0.39, 0.29) is 63.8 Å². The predicted octanol–water partition coefficient (Wildman–Crippen LogP) is -1.20. The largest absolute Gasteiger partial charge is 1.00 e. The first-order chi connectivity index (χ1) is 9.77. The molecule has 0 saturated heterocycles. The van der Waals surface area contributed by atoms with Crippen LogP contribution in [0.1, 0.15) is 0 Å². The van der Waals surface area contributed by atoms with Gasteiger partial charge in [-0.3, -0.25) is 0 Å². The Morgan fingerprint density at radius 1 is 0.773 bits per heavy atom. The molecule has 112 valence electrons. The van der Waals surface area contributed by atoms with Crippen molar-refractivity contribution in [3.63, 3.8) is 0 Å². The van der Waals surface area contributed by atoms with Crippen LogP contribution in [-0.4, -0.2) is 22.4 Å². The van der Waals surface area contributed by atoms with Crippen molar-refractivity contribution in [1.82, 2.24) is 0 Å². The summed E-state index contributed by atoms with van der Waals surface area (Å²) in [5, 5.41) is 21.5. The molecule has 0 aliphatic heterocycles. The second-order valence-electron chi connectivity index (χ2n) is 3.57. The predicted molar refractivity (Wildman–Crippen MR) is 62.9 cm³/mol. The molecular formula is C12H7BF5O3Rb. The van der Waals surface area contributed by atoms with Gasteiger partial charge in [0.1, 0.15) is 11.6 Å². The minimum Gasteiger partial charge on any atom is -0.402 e. The fourth-order valence-electron chi connectivity index (χ4n) is 1.39. The van der Waals surface area contributed by atoms with Crippen LogP contribution in [0.2, 0.25) is 0 Å². The molecule has 2 aromatic rings. The Labute approximate surface area is 171 Å². The zero-order valence-corrected chi connectivity index (χ0v) is 16.0. The summed E-state index contributed by atoms with van der Waals surface area (Å²) in [5.41, 5.74) is -1.16. The van der Waals surface area contributed by atoms with Crippen molar-refractivity contribution >= 4 is 7.32 Å². The van der Waals surface area contributed by atoms with Gasteiger partial charge in [-0.15, -0.1) is 35.9 Å². The van der Waals surface area contributed by atoms with E-state index in [9.17, 15) is 22.0 Å². The summed E-state index contributed by atoms with van der Waals surface area (Å²) in [6.45, 7) is 0. The molecule has 0 radical (unpaired) electrons. The minimum atomic E-state index is -2.17. The second kappa shape index (κ2) is 9.86. The fraction of sp³-hybridized carbons (Fsp3) is 0. The first-order valence-electron chi connectivity index (χ1n) is 5.30. The van der Waals surface area contributed by atoms with E-state index in [1.165, 1.54) is 24.3 Å². The summed E-state index contributed by atoms with van der Waals surface area (Å²) in [4.78, 5) is 0. The molecule has 0 amide bonds. The van der Waals surface area contributed by atoms with Crippen molar-refractivity contribution in [1.29, 1.82) is 0 Å². The molecule has 0 fully saturated rings. The third-order valence-electron chi connectivity index (χ3n) is 2.19. The molecule has 0 aliphatic carbocycles. The zero-order valence-electron chi connectivity index (χ0n) is 11.1. The number of rotatable bonds is 1. The van der Waals surface area contributed by atoms with Crippen molar-refractivity contribution in [2.75, 3.05) is 0 Å². The molecule has 0 aliphatic rings. The summed E-state index contributed by atoms with van der Waals surface area (Å²) in [7, 11) is -2.17. The third kappa shape index (κ3) is 5.48. The molecule has 0 saturated carbocycles. The van der Waals surface area contributed by atoms with E-state index in [0.29, 0.717) is 0 Å². The topological polar surface area (TPSA) is 60.7 Å². The summed E-state index contributed by atoms with van der Waals surface area (Å²) in [6.07, 6.45) is 0. The van der Waals surface area contributed by atoms with Crippen LogP contribution in [0.5, 0.6) is 0 Å². The average Bonchev–Trinajstić information content (AvgIpc) is 2.44. The minimum absolute atomic E-state index is 0. The molecular weight excluding hydrogens is 383 g/mol. The van der Waals surface area contributed by atoms with E-state index in [0.717, 1.165) is 0 Å². The molecule has 10 heteroatoms. The van der Waals surface area contributed by atoms with Gasteiger partial charge < -0.3 is 15.1 Å². The molecule has 22 heavy (non-hydrogen) atoms. The molecule has 2 rings (SSSR count). The first kappa shape index (κ1) is 21.8. The summed E-state index contributed by atoms with van der Waals surface area (Å²) < 4.78 is 65.3. The summed E-state index contributed by atoms with van der Waals surface area (Å²) in [6, 6.07) is 7.84. The number of hydrogen-bond acceptors (Lipinski definition) is 3. The van der Waals surface area contributed by atoms with Crippen molar-refractivity contribution in [3.8, 4) is 11.1 Å². The van der Waals surface area contributed by atoms with E-state index in [1.807, 2.05) is 0 Å². The molecule has 0 bridgehead atoms. The standard InChI is InChI=1S/C12H4F5.BH3O3.Rb/c13-8-7(6-4-2-1-3-5-6)9(14)11(16)12(17)10(8)15;2-1(3)4;/h1-4H;2-4H;/q-1;;+1. The van der Waals surface area contributed by atoms with E-state index in [1.54, 1.807) is 0 Å². The molecule has 2 aromatic carbocycles. The Morgan fingerprint density at radius 2 is 1.18 bits per heavy atom. The van der Waals surface area contributed by atoms with Gasteiger partial charge in [0.2, 0.25) is 0 Å². The van der Waals surface area contributed by atoms with Gasteiger partial charge in [-0.1, -0.05) is 0 Å². The van der Waals surface area contributed by atoms with Crippen LogP contribution in [0.15, 0.2) is 24.3 Å². The fourth-order valence-corrected chi connectivity index (χ4v) is 1.39.